The molecule has 0 saturated heterocycles. The van der Waals surface area contributed by atoms with Crippen molar-refractivity contribution in [3.63, 3.8) is 0 Å². The summed E-state index contributed by atoms with van der Waals surface area (Å²) in [5.74, 6) is 0. The molecule has 0 N–H and O–H groups in total. The zero-order valence-electron chi connectivity index (χ0n) is 30.4. The van der Waals surface area contributed by atoms with Crippen LogP contribution in [0.2, 0.25) is 31.3 Å². The first kappa shape index (κ1) is 40.3. The van der Waals surface area contributed by atoms with Crippen molar-refractivity contribution in [2.45, 2.75) is 150 Å². The van der Waals surface area contributed by atoms with Gasteiger partial charge in [0.15, 0.2) is 0 Å². The van der Waals surface area contributed by atoms with Gasteiger partial charge in [-0.2, -0.15) is 0 Å². The summed E-state index contributed by atoms with van der Waals surface area (Å²) in [5, 5.41) is 8.89. The van der Waals surface area contributed by atoms with Crippen LogP contribution in [0.5, 0.6) is 0 Å². The van der Waals surface area contributed by atoms with Gasteiger partial charge in [0.25, 0.3) is 0 Å². The molecule has 0 fully saturated rings. The van der Waals surface area contributed by atoms with E-state index in [0.29, 0.717) is 0 Å². The maximum absolute atomic E-state index is 2.76. The van der Waals surface area contributed by atoms with E-state index in [0.717, 1.165) is 0 Å². The van der Waals surface area contributed by atoms with Gasteiger partial charge >= 0.3 is 307 Å². The third-order valence-corrected chi connectivity index (χ3v) is 31.2. The summed E-state index contributed by atoms with van der Waals surface area (Å²) in [4.78, 5) is 0. The quantitative estimate of drug-likeness (QED) is 0.0789. The van der Waals surface area contributed by atoms with E-state index in [4.69, 9.17) is 0 Å². The summed E-state index contributed by atoms with van der Waals surface area (Å²) in [6.07, 6.45) is 16.4. The normalized spacial score (nSPS) is 11.9. The van der Waals surface area contributed by atoms with Crippen molar-refractivity contribution in [2.75, 3.05) is 0 Å². The van der Waals surface area contributed by atoms with E-state index >= 15 is 0 Å². The number of hydrogen-bond donors (Lipinski definition) is 0. The SMILES string of the molecule is CCCC[As](CCCC)c1cccc([As](c2cccc([As](CCCC)CCCC)c2)c2cccc([As](CCCC)CCCC)c2)c1. The molecule has 0 heterocycles. The Hall–Kier alpha value is -0.106. The molecular weight excluding hydrogens is 804 g/mol. The van der Waals surface area contributed by atoms with Gasteiger partial charge in [0.05, 0.1) is 0 Å². The monoisotopic (exact) mass is 870 g/mol. The van der Waals surface area contributed by atoms with Gasteiger partial charge in [-0.25, -0.2) is 0 Å². The Kier molecular flexibility index (Phi) is 21.1. The van der Waals surface area contributed by atoms with Gasteiger partial charge in [0, 0.05) is 0 Å². The molecule has 0 amide bonds. The van der Waals surface area contributed by atoms with Crippen LogP contribution in [0, 0.1) is 0 Å². The second-order valence-corrected chi connectivity index (χ2v) is 33.3. The van der Waals surface area contributed by atoms with Crippen molar-refractivity contribution in [3.05, 3.63) is 72.8 Å². The molecule has 0 aromatic heterocycles. The Bertz CT molecular complexity index is 1050. The van der Waals surface area contributed by atoms with E-state index in [1.54, 1.807) is 26.1 Å². The summed E-state index contributed by atoms with van der Waals surface area (Å²) in [6.45, 7) is 14.3. The van der Waals surface area contributed by atoms with Gasteiger partial charge in [-0.05, 0) is 0 Å². The fourth-order valence-corrected chi connectivity index (χ4v) is 30.0. The number of benzene rings is 3. The molecular formula is C42H66As4. The molecule has 0 atom stereocenters. The van der Waals surface area contributed by atoms with Crippen LogP contribution in [0.25, 0.3) is 0 Å². The van der Waals surface area contributed by atoms with Gasteiger partial charge in [0.2, 0.25) is 0 Å². The topological polar surface area (TPSA) is 0 Å². The molecule has 4 heteroatoms. The van der Waals surface area contributed by atoms with Crippen molar-refractivity contribution in [1.82, 2.24) is 0 Å². The van der Waals surface area contributed by atoms with Gasteiger partial charge in [-0.1, -0.05) is 0 Å². The first-order valence-corrected chi connectivity index (χ1v) is 32.5. The van der Waals surface area contributed by atoms with Crippen LogP contribution in [0.15, 0.2) is 72.8 Å². The Labute approximate surface area is 304 Å². The number of hydrogen-bond acceptors (Lipinski definition) is 0. The van der Waals surface area contributed by atoms with Crippen molar-refractivity contribution in [1.29, 1.82) is 0 Å². The molecule has 3 aromatic rings. The van der Waals surface area contributed by atoms with E-state index < -0.39 is 58.6 Å². The zero-order chi connectivity index (χ0) is 33.0. The Morgan fingerprint density at radius 1 is 0.326 bits per heavy atom. The summed E-state index contributed by atoms with van der Waals surface area (Å²) in [7, 11) is 0. The molecule has 0 spiro atoms. The van der Waals surface area contributed by atoms with Crippen LogP contribution in [-0.4, -0.2) is 58.6 Å². The maximum atomic E-state index is 2.76. The molecule has 46 heavy (non-hydrogen) atoms. The summed E-state index contributed by atoms with van der Waals surface area (Å²) >= 11 is -4.81. The predicted octanol–water partition coefficient (Wildman–Crippen LogP) is 9.11. The van der Waals surface area contributed by atoms with E-state index in [2.05, 4.69) is 114 Å². The molecule has 3 rings (SSSR count). The van der Waals surface area contributed by atoms with E-state index in [-0.39, 0.29) is 0 Å². The van der Waals surface area contributed by atoms with Gasteiger partial charge < -0.3 is 0 Å². The third kappa shape index (κ3) is 13.3. The van der Waals surface area contributed by atoms with E-state index in [1.165, 1.54) is 108 Å². The fraction of sp³-hybridized carbons (Fsp3) is 0.571. The molecule has 0 aliphatic heterocycles. The minimum atomic E-state index is -1.71. The van der Waals surface area contributed by atoms with Crippen molar-refractivity contribution < 1.29 is 0 Å². The Morgan fingerprint density at radius 3 is 0.761 bits per heavy atom. The van der Waals surface area contributed by atoms with Crippen molar-refractivity contribution >= 4 is 84.7 Å². The average molecular weight is 871 g/mol. The number of rotatable bonds is 24. The van der Waals surface area contributed by atoms with Gasteiger partial charge in [-0.3, -0.25) is 0 Å². The third-order valence-electron chi connectivity index (χ3n) is 9.05. The average Bonchev–Trinajstić information content (AvgIpc) is 3.09. The molecule has 0 aliphatic carbocycles. The molecule has 0 saturated carbocycles. The molecule has 0 unspecified atom stereocenters. The molecule has 0 aliphatic rings. The van der Waals surface area contributed by atoms with E-state index in [1.807, 2.05) is 0 Å². The summed E-state index contributed by atoms with van der Waals surface area (Å²) in [6, 6.07) is 30.9. The minimum absolute atomic E-state index is 1.03. The fourth-order valence-electron chi connectivity index (χ4n) is 6.14. The summed E-state index contributed by atoms with van der Waals surface area (Å²) in [5.41, 5.74) is 0. The van der Waals surface area contributed by atoms with Gasteiger partial charge in [-0.15, -0.1) is 0 Å². The first-order chi connectivity index (χ1) is 22.6. The first-order valence-electron chi connectivity index (χ1n) is 18.9. The Balaban J connectivity index is 2.14. The van der Waals surface area contributed by atoms with Crippen LogP contribution >= 0.6 is 0 Å². The van der Waals surface area contributed by atoms with E-state index in [9.17, 15) is 0 Å². The molecule has 0 radical (unpaired) electrons. The Morgan fingerprint density at radius 2 is 0.543 bits per heavy atom. The van der Waals surface area contributed by atoms with Crippen LogP contribution in [0.4, 0.5) is 0 Å². The molecule has 254 valence electrons. The molecule has 0 nitrogen and oxygen atoms in total. The predicted molar refractivity (Wildman–Crippen MR) is 218 cm³/mol. The second-order valence-electron chi connectivity index (χ2n) is 13.0. The van der Waals surface area contributed by atoms with Crippen LogP contribution < -0.4 is 26.1 Å². The summed E-state index contributed by atoms with van der Waals surface area (Å²) < 4.78 is 10.3. The molecule has 0 bridgehead atoms. The van der Waals surface area contributed by atoms with Crippen molar-refractivity contribution in [3.8, 4) is 0 Å². The van der Waals surface area contributed by atoms with Crippen LogP contribution in [0.1, 0.15) is 119 Å². The zero-order valence-corrected chi connectivity index (χ0v) is 38.0. The van der Waals surface area contributed by atoms with Crippen molar-refractivity contribution in [2.24, 2.45) is 0 Å². The standard InChI is InChI=1S/C42H66As4/c1-7-13-28-43(29-14-8-2)37-22-19-25-40(34-37)46(41-26-20-23-38(35-41)44(30-15-9-3)31-16-10-4)42-27-21-24-39(36-42)45(32-17-11-5)33-18-12-6/h19-27,34-36H,7-18,28-33H2,1-6H3. The van der Waals surface area contributed by atoms with Gasteiger partial charge in [0.1, 0.15) is 0 Å². The molecule has 3 aromatic carbocycles. The van der Waals surface area contributed by atoms with Crippen LogP contribution in [-0.2, 0) is 0 Å². The second kappa shape index (κ2) is 24.1. The number of unbranched alkanes of at least 4 members (excludes halogenated alkanes) is 6. The van der Waals surface area contributed by atoms with Crippen LogP contribution in [0.3, 0.4) is 0 Å².